The molecule has 1 atom stereocenters. The van der Waals surface area contributed by atoms with Gasteiger partial charge in [-0.25, -0.2) is 0 Å². The van der Waals surface area contributed by atoms with Crippen LogP contribution in [0.15, 0.2) is 59.6 Å². The molecule has 118 valence electrons. The van der Waals surface area contributed by atoms with Crippen LogP contribution in [0.1, 0.15) is 13.3 Å². The topological polar surface area (TPSA) is 43.6 Å². The molecule has 0 aliphatic heterocycles. The Bertz CT molecular complexity index is 881. The van der Waals surface area contributed by atoms with Crippen LogP contribution in [0.25, 0.3) is 10.2 Å². The number of nitrogens with zero attached hydrogens (tertiary/aromatic N) is 2. The van der Waals surface area contributed by atoms with E-state index in [1.165, 1.54) is 11.3 Å². The number of benzene rings is 2. The quantitative estimate of drug-likeness (QED) is 0.736. The van der Waals surface area contributed by atoms with E-state index < -0.39 is 6.10 Å². The molecule has 0 N–H and O–H groups in total. The number of ether oxygens (including phenoxy) is 1. The summed E-state index contributed by atoms with van der Waals surface area (Å²) in [6.45, 7) is 1.92. The Morgan fingerprint density at radius 2 is 1.87 bits per heavy atom. The summed E-state index contributed by atoms with van der Waals surface area (Å²) >= 11 is 1.51. The zero-order chi connectivity index (χ0) is 16.2. The number of fused-ring (bicyclic) bond motifs is 1. The number of aryl methyl sites for hydroxylation is 1. The van der Waals surface area contributed by atoms with Gasteiger partial charge in [-0.1, -0.05) is 48.6 Å². The van der Waals surface area contributed by atoms with E-state index in [2.05, 4.69) is 4.99 Å². The molecule has 2 aromatic carbocycles. The molecule has 23 heavy (non-hydrogen) atoms. The minimum absolute atomic E-state index is 0.251. The van der Waals surface area contributed by atoms with Crippen LogP contribution in [0, 0.1) is 0 Å². The van der Waals surface area contributed by atoms with E-state index in [1.807, 2.05) is 73.1 Å². The van der Waals surface area contributed by atoms with Gasteiger partial charge in [0, 0.05) is 7.05 Å². The first-order valence-corrected chi connectivity index (χ1v) is 8.35. The van der Waals surface area contributed by atoms with Crippen molar-refractivity contribution in [2.45, 2.75) is 19.4 Å². The lowest BCUT2D eigenvalue weighted by Crippen LogP contribution is -2.27. The molecular weight excluding hydrogens is 308 g/mol. The molecule has 1 amide bonds. The van der Waals surface area contributed by atoms with E-state index in [-0.39, 0.29) is 5.91 Å². The van der Waals surface area contributed by atoms with Crippen LogP contribution in [0.3, 0.4) is 0 Å². The molecule has 1 aromatic heterocycles. The summed E-state index contributed by atoms with van der Waals surface area (Å²) in [4.78, 5) is 17.4. The zero-order valence-corrected chi connectivity index (χ0v) is 13.9. The average Bonchev–Trinajstić information content (AvgIpc) is 2.90. The Morgan fingerprint density at radius 1 is 1.17 bits per heavy atom. The third-order valence-electron chi connectivity index (χ3n) is 3.59. The number of carbonyl (C=O) groups is 1. The standard InChI is InChI=1S/C18H18N2O2S/c1-3-15(22-13-9-5-4-6-10-13)17(21)19-18-20(2)14-11-7-8-12-16(14)23-18/h4-12,15H,3H2,1-2H3/t15-/m1/s1. The molecule has 4 nitrogen and oxygen atoms in total. The Balaban J connectivity index is 1.90. The molecule has 0 saturated carbocycles. The van der Waals surface area contributed by atoms with Crippen LogP contribution < -0.4 is 9.54 Å². The Kier molecular flexibility index (Phi) is 4.57. The van der Waals surface area contributed by atoms with Gasteiger partial charge in [-0.05, 0) is 30.7 Å². The summed E-state index contributed by atoms with van der Waals surface area (Å²) in [6.07, 6.45) is 0.00821. The zero-order valence-electron chi connectivity index (χ0n) is 13.1. The first-order valence-electron chi connectivity index (χ1n) is 7.54. The molecule has 0 spiro atoms. The molecule has 3 rings (SSSR count). The van der Waals surface area contributed by atoms with Crippen LogP contribution in [-0.2, 0) is 11.8 Å². The molecule has 1 heterocycles. The third kappa shape index (κ3) is 3.35. The summed E-state index contributed by atoms with van der Waals surface area (Å²) in [5.74, 6) is 0.433. The predicted molar refractivity (Wildman–Crippen MR) is 92.5 cm³/mol. The van der Waals surface area contributed by atoms with E-state index in [9.17, 15) is 4.79 Å². The first kappa shape index (κ1) is 15.5. The number of amides is 1. The second-order valence-corrected chi connectivity index (χ2v) is 6.20. The normalized spacial score (nSPS) is 13.2. The minimum atomic E-state index is -0.567. The molecular formula is C18H18N2O2S. The lowest BCUT2D eigenvalue weighted by Gasteiger charge is -2.13. The fourth-order valence-electron chi connectivity index (χ4n) is 2.33. The molecule has 0 saturated heterocycles. The van der Waals surface area contributed by atoms with Gasteiger partial charge in [0.05, 0.1) is 10.2 Å². The monoisotopic (exact) mass is 326 g/mol. The number of aromatic nitrogens is 1. The van der Waals surface area contributed by atoms with E-state index in [4.69, 9.17) is 4.74 Å². The van der Waals surface area contributed by atoms with Crippen LogP contribution in [0.5, 0.6) is 5.75 Å². The molecule has 3 aromatic rings. The van der Waals surface area contributed by atoms with Gasteiger partial charge >= 0.3 is 0 Å². The highest BCUT2D eigenvalue weighted by Gasteiger charge is 2.18. The van der Waals surface area contributed by atoms with Crippen molar-refractivity contribution in [3.8, 4) is 5.75 Å². The van der Waals surface area contributed by atoms with Gasteiger partial charge in [-0.3, -0.25) is 4.79 Å². The van der Waals surface area contributed by atoms with Crippen LogP contribution in [0.4, 0.5) is 0 Å². The van der Waals surface area contributed by atoms with Gasteiger partial charge in [0.15, 0.2) is 10.9 Å². The lowest BCUT2D eigenvalue weighted by molar-refractivity contribution is -0.124. The van der Waals surface area contributed by atoms with Crippen molar-refractivity contribution in [3.63, 3.8) is 0 Å². The fourth-order valence-corrected chi connectivity index (χ4v) is 3.35. The molecule has 0 fully saturated rings. The first-order chi connectivity index (χ1) is 11.2. The molecule has 0 aliphatic rings. The van der Waals surface area contributed by atoms with Crippen molar-refractivity contribution >= 4 is 27.5 Å². The van der Waals surface area contributed by atoms with E-state index in [1.54, 1.807) is 0 Å². The summed E-state index contributed by atoms with van der Waals surface area (Å²) in [6, 6.07) is 17.4. The Hall–Kier alpha value is -2.40. The predicted octanol–water partition coefficient (Wildman–Crippen LogP) is 3.52. The van der Waals surface area contributed by atoms with Crippen molar-refractivity contribution in [1.82, 2.24) is 4.57 Å². The van der Waals surface area contributed by atoms with Gasteiger partial charge in [-0.15, -0.1) is 0 Å². The van der Waals surface area contributed by atoms with Crippen molar-refractivity contribution in [1.29, 1.82) is 0 Å². The second-order valence-electron chi connectivity index (χ2n) is 5.19. The summed E-state index contributed by atoms with van der Waals surface area (Å²) in [7, 11) is 1.92. The van der Waals surface area contributed by atoms with Crippen LogP contribution in [0.2, 0.25) is 0 Å². The van der Waals surface area contributed by atoms with Gasteiger partial charge in [0.1, 0.15) is 5.75 Å². The number of hydrogen-bond acceptors (Lipinski definition) is 3. The van der Waals surface area contributed by atoms with Crippen molar-refractivity contribution in [2.24, 2.45) is 12.0 Å². The highest BCUT2D eigenvalue weighted by Crippen LogP contribution is 2.16. The van der Waals surface area contributed by atoms with Gasteiger partial charge < -0.3 is 9.30 Å². The third-order valence-corrected chi connectivity index (χ3v) is 4.70. The molecule has 0 bridgehead atoms. The fraction of sp³-hybridized carbons (Fsp3) is 0.222. The molecule has 0 unspecified atom stereocenters. The maximum absolute atomic E-state index is 12.5. The van der Waals surface area contributed by atoms with Crippen LogP contribution >= 0.6 is 11.3 Å². The van der Waals surface area contributed by atoms with Crippen LogP contribution in [-0.4, -0.2) is 16.6 Å². The minimum Gasteiger partial charge on any atom is -0.481 e. The van der Waals surface area contributed by atoms with E-state index in [0.717, 1.165) is 10.2 Å². The Morgan fingerprint density at radius 3 is 2.57 bits per heavy atom. The second kappa shape index (κ2) is 6.79. The lowest BCUT2D eigenvalue weighted by atomic mass is 10.2. The number of rotatable bonds is 4. The number of carbonyl (C=O) groups excluding carboxylic acids is 1. The Labute approximate surface area is 138 Å². The highest BCUT2D eigenvalue weighted by molar-refractivity contribution is 7.16. The van der Waals surface area contributed by atoms with Gasteiger partial charge in [0.2, 0.25) is 0 Å². The van der Waals surface area contributed by atoms with E-state index >= 15 is 0 Å². The van der Waals surface area contributed by atoms with Crippen molar-refractivity contribution < 1.29 is 9.53 Å². The smallest absolute Gasteiger partial charge is 0.289 e. The number of para-hydroxylation sites is 2. The average molecular weight is 326 g/mol. The number of hydrogen-bond donors (Lipinski definition) is 0. The summed E-state index contributed by atoms with van der Waals surface area (Å²) < 4.78 is 8.81. The van der Waals surface area contributed by atoms with Crippen molar-refractivity contribution in [3.05, 3.63) is 59.4 Å². The SMILES string of the molecule is CC[C@@H](Oc1ccccc1)C(=O)N=c1sc2ccccc2n1C. The summed E-state index contributed by atoms with van der Waals surface area (Å²) in [5.41, 5.74) is 1.07. The van der Waals surface area contributed by atoms with Crippen molar-refractivity contribution in [2.75, 3.05) is 0 Å². The van der Waals surface area contributed by atoms with Gasteiger partial charge in [0.25, 0.3) is 5.91 Å². The maximum atomic E-state index is 12.5. The highest BCUT2D eigenvalue weighted by atomic mass is 32.1. The van der Waals surface area contributed by atoms with E-state index in [0.29, 0.717) is 17.0 Å². The molecule has 5 heteroatoms. The molecule has 0 radical (unpaired) electrons. The van der Waals surface area contributed by atoms with Gasteiger partial charge in [-0.2, -0.15) is 4.99 Å². The number of thiazole rings is 1. The maximum Gasteiger partial charge on any atom is 0.289 e. The largest absolute Gasteiger partial charge is 0.481 e. The molecule has 0 aliphatic carbocycles. The summed E-state index contributed by atoms with van der Waals surface area (Å²) in [5, 5.41) is 0.